The van der Waals surface area contributed by atoms with Gasteiger partial charge in [-0.25, -0.2) is 9.97 Å². The summed E-state index contributed by atoms with van der Waals surface area (Å²) >= 11 is 3.49. The molecule has 0 aliphatic carbocycles. The molecule has 0 aliphatic rings. The van der Waals surface area contributed by atoms with Crippen LogP contribution in [0.5, 0.6) is 5.06 Å². The highest BCUT2D eigenvalue weighted by Gasteiger charge is 2.11. The molecule has 3 nitrogen and oxygen atoms in total. The summed E-state index contributed by atoms with van der Waals surface area (Å²) in [7, 11) is 0. The minimum atomic E-state index is 0.830. The van der Waals surface area contributed by atoms with E-state index < -0.39 is 0 Å². The smallest absolute Gasteiger partial charge is 0.175 e. The quantitative estimate of drug-likeness (QED) is 0.266. The van der Waals surface area contributed by atoms with Gasteiger partial charge >= 0.3 is 0 Å². The van der Waals surface area contributed by atoms with Crippen molar-refractivity contribution in [1.29, 1.82) is 0 Å². The number of fused-ring (bicyclic) bond motifs is 1. The molecule has 0 N–H and O–H groups in total. The fraction of sp³-hybridized carbons (Fsp3) is 0.565. The number of nitrogens with zero attached hydrogens (tertiary/aromatic N) is 2. The largest absolute Gasteiger partial charge is 0.484 e. The summed E-state index contributed by atoms with van der Waals surface area (Å²) in [6, 6.07) is 4.37. The highest BCUT2D eigenvalue weighted by Crippen LogP contribution is 2.40. The lowest BCUT2D eigenvalue weighted by Crippen LogP contribution is -1.95. The maximum absolute atomic E-state index is 5.97. The molecule has 0 amide bonds. The summed E-state index contributed by atoms with van der Waals surface area (Å²) in [6.45, 7) is 5.30. The molecule has 3 aromatic rings. The van der Waals surface area contributed by atoms with Crippen LogP contribution < -0.4 is 4.74 Å². The molecule has 3 aromatic heterocycles. The Bertz CT molecular complexity index is 791. The Morgan fingerprint density at radius 2 is 1.46 bits per heavy atom. The number of aryl methyl sites for hydroxylation is 1. The van der Waals surface area contributed by atoms with Crippen molar-refractivity contribution in [3.63, 3.8) is 0 Å². The molecule has 0 aromatic carbocycles. The van der Waals surface area contributed by atoms with Crippen molar-refractivity contribution in [2.45, 2.75) is 78.1 Å². The zero-order valence-electron chi connectivity index (χ0n) is 17.2. The van der Waals surface area contributed by atoms with E-state index in [-0.39, 0.29) is 0 Å². The van der Waals surface area contributed by atoms with Gasteiger partial charge < -0.3 is 4.74 Å². The third-order valence-electron chi connectivity index (χ3n) is 4.92. The number of thiophene rings is 2. The molecule has 0 unspecified atom stereocenters. The van der Waals surface area contributed by atoms with Crippen LogP contribution in [-0.2, 0) is 6.42 Å². The van der Waals surface area contributed by atoms with E-state index in [1.807, 2.05) is 12.4 Å². The highest BCUT2D eigenvalue weighted by molar-refractivity contribution is 7.30. The standard InChI is InChI=1S/C23H32N2OS2/c1-3-5-7-8-9-10-11-13-26-22-15-20-19(28-22)14-21(27-20)23-24-16-18(17-25-23)12-6-4-2/h14-17H,3-13H2,1-2H3. The maximum Gasteiger partial charge on any atom is 0.175 e. The first kappa shape index (κ1) is 21.3. The molecule has 0 saturated carbocycles. The molecule has 152 valence electrons. The molecular weight excluding hydrogens is 384 g/mol. The SMILES string of the molecule is CCCCCCCCCOc1cc2sc(-c3ncc(CCCC)cn3)cc2s1. The summed E-state index contributed by atoms with van der Waals surface area (Å²) in [4.78, 5) is 10.3. The molecule has 0 bridgehead atoms. The van der Waals surface area contributed by atoms with Crippen LogP contribution in [0.15, 0.2) is 24.5 Å². The van der Waals surface area contributed by atoms with E-state index in [9.17, 15) is 0 Å². The van der Waals surface area contributed by atoms with Crippen LogP contribution in [0, 0.1) is 0 Å². The van der Waals surface area contributed by atoms with E-state index in [1.54, 1.807) is 22.7 Å². The maximum atomic E-state index is 5.97. The molecule has 0 aliphatic heterocycles. The number of unbranched alkanes of at least 4 members (excludes halogenated alkanes) is 7. The monoisotopic (exact) mass is 416 g/mol. The van der Waals surface area contributed by atoms with Crippen molar-refractivity contribution < 1.29 is 4.74 Å². The van der Waals surface area contributed by atoms with Crippen LogP contribution in [0.3, 0.4) is 0 Å². The van der Waals surface area contributed by atoms with Gasteiger partial charge in [-0.15, -0.1) is 11.3 Å². The number of rotatable bonds is 13. The van der Waals surface area contributed by atoms with E-state index in [4.69, 9.17) is 4.74 Å². The molecule has 0 fully saturated rings. The number of aromatic nitrogens is 2. The Morgan fingerprint density at radius 1 is 0.786 bits per heavy atom. The van der Waals surface area contributed by atoms with Crippen molar-refractivity contribution in [3.05, 3.63) is 30.1 Å². The number of hydrogen-bond donors (Lipinski definition) is 0. The normalized spacial score (nSPS) is 11.4. The van der Waals surface area contributed by atoms with Crippen molar-refractivity contribution in [2.24, 2.45) is 0 Å². The predicted octanol–water partition coefficient (Wildman–Crippen LogP) is 7.89. The zero-order chi connectivity index (χ0) is 19.6. The number of hydrogen-bond acceptors (Lipinski definition) is 5. The number of ether oxygens (including phenoxy) is 1. The van der Waals surface area contributed by atoms with Crippen LogP contribution in [0.25, 0.3) is 20.1 Å². The third kappa shape index (κ3) is 6.28. The zero-order valence-corrected chi connectivity index (χ0v) is 18.8. The van der Waals surface area contributed by atoms with E-state index in [0.29, 0.717) is 0 Å². The van der Waals surface area contributed by atoms with Crippen LogP contribution >= 0.6 is 22.7 Å². The lowest BCUT2D eigenvalue weighted by atomic mass is 10.1. The second-order valence-electron chi connectivity index (χ2n) is 7.39. The molecule has 3 rings (SSSR count). The van der Waals surface area contributed by atoms with Crippen molar-refractivity contribution in [2.75, 3.05) is 6.61 Å². The first-order valence-electron chi connectivity index (χ1n) is 10.8. The molecule has 3 heterocycles. The highest BCUT2D eigenvalue weighted by atomic mass is 32.1. The predicted molar refractivity (Wildman–Crippen MR) is 123 cm³/mol. The van der Waals surface area contributed by atoms with E-state index in [2.05, 4.69) is 35.9 Å². The summed E-state index contributed by atoms with van der Waals surface area (Å²) in [6.07, 6.45) is 16.6. The van der Waals surface area contributed by atoms with Gasteiger partial charge in [-0.05, 0) is 30.9 Å². The minimum Gasteiger partial charge on any atom is -0.484 e. The van der Waals surface area contributed by atoms with Crippen LogP contribution in [0.4, 0.5) is 0 Å². The Balaban J connectivity index is 1.46. The van der Waals surface area contributed by atoms with Crippen molar-refractivity contribution in [3.8, 4) is 15.8 Å². The first-order valence-corrected chi connectivity index (χ1v) is 12.4. The summed E-state index contributed by atoms with van der Waals surface area (Å²) in [5, 5.41) is 1.04. The van der Waals surface area contributed by atoms with Crippen molar-refractivity contribution in [1.82, 2.24) is 9.97 Å². The van der Waals surface area contributed by atoms with Crippen LogP contribution in [0.1, 0.15) is 77.2 Å². The third-order valence-corrected chi connectivity index (χ3v) is 7.12. The fourth-order valence-corrected chi connectivity index (χ4v) is 5.43. The van der Waals surface area contributed by atoms with E-state index >= 15 is 0 Å². The lowest BCUT2D eigenvalue weighted by Gasteiger charge is -2.03. The Labute approximate surface area is 177 Å². The van der Waals surface area contributed by atoms with Gasteiger partial charge in [0.05, 0.1) is 11.5 Å². The van der Waals surface area contributed by atoms with Crippen molar-refractivity contribution >= 4 is 32.1 Å². The van der Waals surface area contributed by atoms with Gasteiger partial charge in [-0.1, -0.05) is 70.1 Å². The molecule has 5 heteroatoms. The molecular formula is C23H32N2OS2. The Kier molecular flexibility index (Phi) is 8.74. The van der Waals surface area contributed by atoms with Crippen LogP contribution in [0.2, 0.25) is 0 Å². The Morgan fingerprint density at radius 3 is 2.18 bits per heavy atom. The molecule has 0 spiro atoms. The second kappa shape index (κ2) is 11.5. The topological polar surface area (TPSA) is 35.0 Å². The molecule has 0 saturated heterocycles. The van der Waals surface area contributed by atoms with Crippen LogP contribution in [-0.4, -0.2) is 16.6 Å². The van der Waals surface area contributed by atoms with E-state index in [0.717, 1.165) is 35.2 Å². The minimum absolute atomic E-state index is 0.830. The van der Waals surface area contributed by atoms with Gasteiger partial charge in [0.25, 0.3) is 0 Å². The second-order valence-corrected chi connectivity index (χ2v) is 9.52. The molecule has 28 heavy (non-hydrogen) atoms. The first-order chi connectivity index (χ1) is 13.8. The molecule has 0 radical (unpaired) electrons. The lowest BCUT2D eigenvalue weighted by molar-refractivity contribution is 0.313. The summed E-state index contributed by atoms with van der Waals surface area (Å²) < 4.78 is 8.51. The Hall–Kier alpha value is -1.46. The van der Waals surface area contributed by atoms with Gasteiger partial charge in [0.2, 0.25) is 0 Å². The van der Waals surface area contributed by atoms with Gasteiger partial charge in [-0.3, -0.25) is 0 Å². The summed E-state index contributed by atoms with van der Waals surface area (Å²) in [5.41, 5.74) is 1.23. The van der Waals surface area contributed by atoms with E-state index in [1.165, 1.54) is 66.3 Å². The van der Waals surface area contributed by atoms with Gasteiger partial charge in [0.1, 0.15) is 0 Å². The average Bonchev–Trinajstić information content (AvgIpc) is 3.27. The van der Waals surface area contributed by atoms with Gasteiger partial charge in [0, 0.05) is 27.9 Å². The fourth-order valence-electron chi connectivity index (χ4n) is 3.22. The average molecular weight is 417 g/mol. The van der Waals surface area contributed by atoms with Gasteiger partial charge in [0.15, 0.2) is 10.9 Å². The molecule has 0 atom stereocenters. The summed E-state index contributed by atoms with van der Waals surface area (Å²) in [5.74, 6) is 0.833. The van der Waals surface area contributed by atoms with Gasteiger partial charge in [-0.2, -0.15) is 0 Å².